The molecule has 0 heterocycles. The van der Waals surface area contributed by atoms with Crippen molar-refractivity contribution in [3.05, 3.63) is 0 Å². The van der Waals surface area contributed by atoms with Crippen molar-refractivity contribution >= 4 is 5.97 Å². The van der Waals surface area contributed by atoms with Crippen LogP contribution in [0.3, 0.4) is 0 Å². The second kappa shape index (κ2) is 7.06. The van der Waals surface area contributed by atoms with Crippen LogP contribution in [0.25, 0.3) is 0 Å². The van der Waals surface area contributed by atoms with Crippen molar-refractivity contribution < 1.29 is 9.90 Å². The molecule has 0 saturated heterocycles. The van der Waals surface area contributed by atoms with E-state index in [0.717, 1.165) is 26.2 Å². The predicted molar refractivity (Wildman–Crippen MR) is 48.3 cm³/mol. The van der Waals surface area contributed by atoms with Crippen LogP contribution in [0.15, 0.2) is 0 Å². The number of rotatable bonds is 7. The largest absolute Gasteiger partial charge is 0.480 e. The Labute approximate surface area is 73.6 Å². The summed E-state index contributed by atoms with van der Waals surface area (Å²) in [7, 11) is 0. The normalized spacial score (nSPS) is 10.6. The smallest absolute Gasteiger partial charge is 0.317 e. The molecule has 0 atom stereocenters. The van der Waals surface area contributed by atoms with Crippen LogP contribution in [0.5, 0.6) is 0 Å². The molecule has 4 heteroatoms. The third-order valence-electron chi connectivity index (χ3n) is 1.66. The average molecular weight is 174 g/mol. The Bertz CT molecular complexity index is 128. The fourth-order valence-electron chi connectivity index (χ4n) is 0.954. The van der Waals surface area contributed by atoms with Crippen LogP contribution in [0.1, 0.15) is 13.8 Å². The Balaban J connectivity index is 3.46. The fourth-order valence-corrected chi connectivity index (χ4v) is 0.954. The summed E-state index contributed by atoms with van der Waals surface area (Å²) in [5.74, 6) is -0.756. The molecule has 0 fully saturated rings. The van der Waals surface area contributed by atoms with E-state index in [4.69, 9.17) is 5.11 Å². The summed E-state index contributed by atoms with van der Waals surface area (Å²) in [4.78, 5) is 12.2. The predicted octanol–water partition coefficient (Wildman–Crippen LogP) is 0.00240. The lowest BCUT2D eigenvalue weighted by Crippen LogP contribution is -2.35. The highest BCUT2D eigenvalue weighted by Crippen LogP contribution is 1.85. The molecule has 0 radical (unpaired) electrons. The Hall–Kier alpha value is -0.610. The number of hydrogen-bond acceptors (Lipinski definition) is 3. The highest BCUT2D eigenvalue weighted by Gasteiger charge is 2.05. The van der Waals surface area contributed by atoms with Gasteiger partial charge in [-0.1, -0.05) is 13.8 Å². The van der Waals surface area contributed by atoms with Gasteiger partial charge < -0.3 is 10.4 Å². The molecule has 0 aromatic carbocycles. The first-order valence-electron chi connectivity index (χ1n) is 4.35. The quantitative estimate of drug-likeness (QED) is 0.533. The molecule has 2 N–H and O–H groups in total. The summed E-state index contributed by atoms with van der Waals surface area (Å²) >= 11 is 0. The van der Waals surface area contributed by atoms with Crippen molar-refractivity contribution in [1.29, 1.82) is 0 Å². The van der Waals surface area contributed by atoms with Crippen molar-refractivity contribution in [2.45, 2.75) is 13.8 Å². The lowest BCUT2D eigenvalue weighted by Gasteiger charge is -2.17. The number of hydrogen-bond donors (Lipinski definition) is 2. The lowest BCUT2D eigenvalue weighted by atomic mass is 10.4. The van der Waals surface area contributed by atoms with Crippen molar-refractivity contribution in [2.75, 3.05) is 32.7 Å². The summed E-state index contributed by atoms with van der Waals surface area (Å²) in [6.45, 7) is 7.53. The molecule has 72 valence electrons. The topological polar surface area (TPSA) is 52.6 Å². The van der Waals surface area contributed by atoms with Gasteiger partial charge in [0.05, 0.1) is 6.54 Å². The summed E-state index contributed by atoms with van der Waals surface area (Å²) in [6, 6.07) is 0. The molecule has 0 spiro atoms. The summed E-state index contributed by atoms with van der Waals surface area (Å²) in [5.41, 5.74) is 0. The van der Waals surface area contributed by atoms with Crippen LogP contribution in [0.2, 0.25) is 0 Å². The number of likely N-dealkylation sites (N-methyl/N-ethyl adjacent to an activating group) is 2. The molecule has 0 aliphatic heterocycles. The molecular formula is C8H18N2O2. The summed E-state index contributed by atoms with van der Waals surface area (Å²) in [5, 5.41) is 11.7. The van der Waals surface area contributed by atoms with Crippen LogP contribution in [0, 0.1) is 0 Å². The lowest BCUT2D eigenvalue weighted by molar-refractivity contribution is -0.138. The van der Waals surface area contributed by atoms with E-state index in [1.165, 1.54) is 0 Å². The molecule has 0 unspecified atom stereocenters. The van der Waals surface area contributed by atoms with Crippen molar-refractivity contribution in [1.82, 2.24) is 10.2 Å². The summed E-state index contributed by atoms with van der Waals surface area (Å²) in [6.07, 6.45) is 0. The number of aliphatic carboxylic acids is 1. The van der Waals surface area contributed by atoms with Gasteiger partial charge in [0.15, 0.2) is 0 Å². The zero-order valence-corrected chi connectivity index (χ0v) is 7.84. The fraction of sp³-hybridized carbons (Fsp3) is 0.875. The van der Waals surface area contributed by atoms with Crippen LogP contribution < -0.4 is 5.32 Å². The molecule has 12 heavy (non-hydrogen) atoms. The summed E-state index contributed by atoms with van der Waals surface area (Å²) < 4.78 is 0. The minimum absolute atomic E-state index is 0.141. The molecule has 0 saturated carbocycles. The van der Waals surface area contributed by atoms with Crippen molar-refractivity contribution in [3.8, 4) is 0 Å². The Kier molecular flexibility index (Phi) is 6.70. The first kappa shape index (κ1) is 11.4. The van der Waals surface area contributed by atoms with Gasteiger partial charge >= 0.3 is 5.97 Å². The number of carboxylic acid groups (broad SMARTS) is 1. The average Bonchev–Trinajstić information content (AvgIpc) is 2.02. The van der Waals surface area contributed by atoms with E-state index in [0.29, 0.717) is 0 Å². The second-order valence-corrected chi connectivity index (χ2v) is 2.62. The van der Waals surface area contributed by atoms with Gasteiger partial charge in [-0.05, 0) is 13.1 Å². The first-order chi connectivity index (χ1) is 5.70. The Morgan fingerprint density at radius 2 is 2.17 bits per heavy atom. The Morgan fingerprint density at radius 3 is 2.58 bits per heavy atom. The third kappa shape index (κ3) is 6.12. The first-order valence-corrected chi connectivity index (χ1v) is 4.35. The van der Waals surface area contributed by atoms with Gasteiger partial charge in [-0.2, -0.15) is 0 Å². The van der Waals surface area contributed by atoms with Gasteiger partial charge in [-0.15, -0.1) is 0 Å². The monoisotopic (exact) mass is 174 g/mol. The third-order valence-corrected chi connectivity index (χ3v) is 1.66. The molecular weight excluding hydrogens is 156 g/mol. The van der Waals surface area contributed by atoms with Gasteiger partial charge in [0.2, 0.25) is 0 Å². The van der Waals surface area contributed by atoms with Crippen LogP contribution >= 0.6 is 0 Å². The Morgan fingerprint density at radius 1 is 1.50 bits per heavy atom. The minimum atomic E-state index is -0.756. The molecule has 0 aliphatic carbocycles. The molecule has 0 aliphatic rings. The van der Waals surface area contributed by atoms with E-state index in [-0.39, 0.29) is 6.54 Å². The molecule has 0 aromatic heterocycles. The molecule has 0 rings (SSSR count). The van der Waals surface area contributed by atoms with E-state index >= 15 is 0 Å². The number of nitrogens with zero attached hydrogens (tertiary/aromatic N) is 1. The molecule has 4 nitrogen and oxygen atoms in total. The SMILES string of the molecule is CCNCCN(CC)CC(=O)O. The van der Waals surface area contributed by atoms with Gasteiger partial charge in [0, 0.05) is 13.1 Å². The van der Waals surface area contributed by atoms with Gasteiger partial charge in [-0.25, -0.2) is 0 Å². The van der Waals surface area contributed by atoms with Crippen molar-refractivity contribution in [2.24, 2.45) is 0 Å². The van der Waals surface area contributed by atoms with E-state index in [2.05, 4.69) is 5.32 Å². The van der Waals surface area contributed by atoms with E-state index < -0.39 is 5.97 Å². The highest BCUT2D eigenvalue weighted by molar-refractivity contribution is 5.69. The minimum Gasteiger partial charge on any atom is -0.480 e. The maximum absolute atomic E-state index is 10.3. The molecule has 0 amide bonds. The standard InChI is InChI=1S/C8H18N2O2/c1-3-9-5-6-10(4-2)7-8(11)12/h9H,3-7H2,1-2H3,(H,11,12). The molecule has 0 aromatic rings. The number of nitrogens with one attached hydrogen (secondary N) is 1. The maximum Gasteiger partial charge on any atom is 0.317 e. The van der Waals surface area contributed by atoms with Crippen LogP contribution in [-0.4, -0.2) is 48.7 Å². The van der Waals surface area contributed by atoms with Gasteiger partial charge in [-0.3, -0.25) is 9.69 Å². The van der Waals surface area contributed by atoms with Gasteiger partial charge in [0.25, 0.3) is 0 Å². The van der Waals surface area contributed by atoms with E-state index in [1.54, 1.807) is 0 Å². The second-order valence-electron chi connectivity index (χ2n) is 2.62. The van der Waals surface area contributed by atoms with Crippen LogP contribution in [0.4, 0.5) is 0 Å². The maximum atomic E-state index is 10.3. The molecule has 0 bridgehead atoms. The number of carbonyl (C=O) groups is 1. The van der Waals surface area contributed by atoms with Crippen LogP contribution in [-0.2, 0) is 4.79 Å². The highest BCUT2D eigenvalue weighted by atomic mass is 16.4. The van der Waals surface area contributed by atoms with Gasteiger partial charge in [0.1, 0.15) is 0 Å². The van der Waals surface area contributed by atoms with Crippen molar-refractivity contribution in [3.63, 3.8) is 0 Å². The van der Waals surface area contributed by atoms with E-state index in [9.17, 15) is 4.79 Å². The zero-order valence-electron chi connectivity index (χ0n) is 7.84. The zero-order chi connectivity index (χ0) is 9.40. The van der Waals surface area contributed by atoms with E-state index in [1.807, 2.05) is 18.7 Å². The number of carboxylic acids is 1.